The molecule has 0 amide bonds. The van der Waals surface area contributed by atoms with Gasteiger partial charge in [-0.1, -0.05) is 17.7 Å². The molecule has 0 bridgehead atoms. The van der Waals surface area contributed by atoms with Crippen molar-refractivity contribution in [1.29, 1.82) is 0 Å². The summed E-state index contributed by atoms with van der Waals surface area (Å²) in [6, 6.07) is 8.66. The Morgan fingerprint density at radius 1 is 1.25 bits per heavy atom. The molecule has 5 heterocycles. The molecule has 0 spiro atoms. The van der Waals surface area contributed by atoms with Crippen LogP contribution in [0.2, 0.25) is 5.15 Å². The normalized spacial score (nSPS) is 16.5. The van der Waals surface area contributed by atoms with E-state index in [2.05, 4.69) is 11.1 Å². The minimum Gasteiger partial charge on any atom is -0.472 e. The number of aromatic nitrogens is 2. The van der Waals surface area contributed by atoms with Crippen LogP contribution in [-0.2, 0) is 5.92 Å². The van der Waals surface area contributed by atoms with Crippen molar-refractivity contribution >= 4 is 22.7 Å². The fraction of sp³-hybridized carbons (Fsp3) is 0.250. The number of hydrogen-bond acceptors (Lipinski definition) is 3. The molecule has 1 aliphatic heterocycles. The second kappa shape index (κ2) is 7.92. The number of furan rings is 1. The molecular weight excluding hydrogens is 436 g/mol. The van der Waals surface area contributed by atoms with Gasteiger partial charge in [0.05, 0.1) is 18.0 Å². The van der Waals surface area contributed by atoms with Crippen molar-refractivity contribution < 1.29 is 18.3 Å². The van der Waals surface area contributed by atoms with Crippen LogP contribution >= 0.6 is 11.6 Å². The zero-order valence-corrected chi connectivity index (χ0v) is 18.1. The largest absolute Gasteiger partial charge is 0.472 e. The number of nitrogens with one attached hydrogen (secondary N) is 1. The highest BCUT2D eigenvalue weighted by atomic mass is 35.5. The summed E-state index contributed by atoms with van der Waals surface area (Å²) in [6.45, 7) is 2.00. The van der Waals surface area contributed by atoms with Gasteiger partial charge in [-0.15, -0.1) is 0 Å². The third-order valence-electron chi connectivity index (χ3n) is 5.98. The molecule has 0 saturated heterocycles. The first-order chi connectivity index (χ1) is 15.3. The molecule has 1 aliphatic rings. The molecule has 0 aliphatic carbocycles. The summed E-state index contributed by atoms with van der Waals surface area (Å²) in [5.41, 5.74) is 3.98. The number of alkyl halides is 2. The van der Waals surface area contributed by atoms with Gasteiger partial charge in [0.2, 0.25) is 0 Å². The minimum absolute atomic E-state index is 0.163. The predicted octanol–water partition coefficient (Wildman–Crippen LogP) is 6.07. The summed E-state index contributed by atoms with van der Waals surface area (Å²) in [5.74, 6) is -3.09. The van der Waals surface area contributed by atoms with Gasteiger partial charge in [-0.2, -0.15) is 0 Å². The van der Waals surface area contributed by atoms with Gasteiger partial charge in [0.1, 0.15) is 11.4 Å². The van der Waals surface area contributed by atoms with E-state index in [1.807, 2.05) is 23.2 Å². The van der Waals surface area contributed by atoms with Gasteiger partial charge in [-0.25, -0.2) is 8.78 Å². The first-order valence-electron chi connectivity index (χ1n) is 10.3. The lowest BCUT2D eigenvalue weighted by Gasteiger charge is -2.30. The molecular formula is C24H22ClF2N3O2. The SMILES string of the molecule is CC(F)(F)c1cc(-c2ccoc2)cn2c(Cl)c(C(O)N3CC=C(c4ccc[nH]4)CC3)cc12. The van der Waals surface area contributed by atoms with Crippen molar-refractivity contribution in [2.45, 2.75) is 25.5 Å². The van der Waals surface area contributed by atoms with E-state index in [1.54, 1.807) is 18.3 Å². The second-order valence-corrected chi connectivity index (χ2v) is 8.48. The Kier molecular flexibility index (Phi) is 5.20. The maximum Gasteiger partial charge on any atom is 0.272 e. The summed E-state index contributed by atoms with van der Waals surface area (Å²) < 4.78 is 35.7. The van der Waals surface area contributed by atoms with Crippen LogP contribution in [0.4, 0.5) is 8.78 Å². The van der Waals surface area contributed by atoms with Gasteiger partial charge in [-0.05, 0) is 42.3 Å². The van der Waals surface area contributed by atoms with E-state index in [1.165, 1.54) is 28.6 Å². The predicted molar refractivity (Wildman–Crippen MR) is 120 cm³/mol. The first-order valence-corrected chi connectivity index (χ1v) is 10.7. The number of pyridine rings is 1. The summed E-state index contributed by atoms with van der Waals surface area (Å²) in [7, 11) is 0. The zero-order chi connectivity index (χ0) is 22.5. The lowest BCUT2D eigenvalue weighted by Crippen LogP contribution is -2.32. The van der Waals surface area contributed by atoms with E-state index < -0.39 is 12.2 Å². The lowest BCUT2D eigenvalue weighted by molar-refractivity contribution is 0.00927. The molecule has 0 saturated carbocycles. The van der Waals surface area contributed by atoms with Crippen LogP contribution in [0.5, 0.6) is 0 Å². The average Bonchev–Trinajstić information content (AvgIpc) is 3.54. The highest BCUT2D eigenvalue weighted by Gasteiger charge is 2.31. The minimum atomic E-state index is -3.09. The molecule has 1 atom stereocenters. The van der Waals surface area contributed by atoms with Gasteiger partial charge >= 0.3 is 0 Å². The van der Waals surface area contributed by atoms with Crippen molar-refractivity contribution in [3.05, 3.63) is 83.3 Å². The van der Waals surface area contributed by atoms with E-state index in [-0.39, 0.29) is 16.2 Å². The van der Waals surface area contributed by atoms with Crippen LogP contribution in [0.25, 0.3) is 22.2 Å². The number of aromatic amines is 1. The molecule has 32 heavy (non-hydrogen) atoms. The Morgan fingerprint density at radius 2 is 2.09 bits per heavy atom. The number of H-pyrrole nitrogens is 1. The second-order valence-electron chi connectivity index (χ2n) is 8.12. The lowest BCUT2D eigenvalue weighted by atomic mass is 10.0. The number of fused-ring (bicyclic) bond motifs is 1. The molecule has 4 aromatic rings. The van der Waals surface area contributed by atoms with E-state index in [0.29, 0.717) is 29.8 Å². The quantitative estimate of drug-likeness (QED) is 0.382. The van der Waals surface area contributed by atoms with Gasteiger partial charge in [-0.3, -0.25) is 4.90 Å². The number of aliphatic hydroxyl groups is 1. The Balaban J connectivity index is 1.53. The molecule has 2 N–H and O–H groups in total. The van der Waals surface area contributed by atoms with E-state index >= 15 is 0 Å². The Morgan fingerprint density at radius 3 is 2.72 bits per heavy atom. The maximum absolute atomic E-state index is 14.5. The van der Waals surface area contributed by atoms with Crippen LogP contribution in [0.1, 0.15) is 36.4 Å². The smallest absolute Gasteiger partial charge is 0.272 e. The highest BCUT2D eigenvalue weighted by Crippen LogP contribution is 2.39. The Bertz CT molecular complexity index is 1270. The fourth-order valence-electron chi connectivity index (χ4n) is 4.26. The molecule has 4 aromatic heterocycles. The number of halogens is 3. The molecule has 0 aromatic carbocycles. The number of rotatable bonds is 5. The Hall–Kier alpha value is -2.87. The number of hydrogen-bond donors (Lipinski definition) is 2. The average molecular weight is 458 g/mol. The van der Waals surface area contributed by atoms with Crippen LogP contribution in [0, 0.1) is 0 Å². The fourth-order valence-corrected chi connectivity index (χ4v) is 4.55. The summed E-state index contributed by atoms with van der Waals surface area (Å²) in [5, 5.41) is 11.3. The van der Waals surface area contributed by atoms with Crippen molar-refractivity contribution in [3.8, 4) is 11.1 Å². The van der Waals surface area contributed by atoms with Crippen LogP contribution in [0.3, 0.4) is 0 Å². The third-order valence-corrected chi connectivity index (χ3v) is 6.38. The van der Waals surface area contributed by atoms with Crippen molar-refractivity contribution in [1.82, 2.24) is 14.3 Å². The number of aliphatic hydroxyl groups excluding tert-OH is 1. The maximum atomic E-state index is 14.5. The molecule has 166 valence electrons. The standard InChI is InChI=1S/C24H22ClF2N3O2/c1-24(26,27)19-11-17(16-6-10-32-14-16)13-30-21(19)12-18(22(30)25)23(31)29-8-4-15(5-9-29)20-3-2-7-28-20/h2-4,6-7,10-14,23,28,31H,5,8-9H2,1H3. The van der Waals surface area contributed by atoms with Crippen LogP contribution in [-0.4, -0.2) is 32.5 Å². The molecule has 8 heteroatoms. The van der Waals surface area contributed by atoms with Crippen molar-refractivity contribution in [2.24, 2.45) is 0 Å². The first kappa shape index (κ1) is 21.0. The summed E-state index contributed by atoms with van der Waals surface area (Å²) in [4.78, 5) is 5.06. The van der Waals surface area contributed by atoms with Gasteiger partial charge in [0, 0.05) is 60.4 Å². The molecule has 5 nitrogen and oxygen atoms in total. The van der Waals surface area contributed by atoms with E-state index in [4.69, 9.17) is 16.0 Å². The van der Waals surface area contributed by atoms with Gasteiger partial charge < -0.3 is 18.9 Å². The summed E-state index contributed by atoms with van der Waals surface area (Å²) >= 11 is 6.62. The van der Waals surface area contributed by atoms with Gasteiger partial charge in [0.25, 0.3) is 5.92 Å². The van der Waals surface area contributed by atoms with Gasteiger partial charge in [0.15, 0.2) is 0 Å². The van der Waals surface area contributed by atoms with E-state index in [0.717, 1.165) is 19.0 Å². The number of nitrogens with zero attached hydrogens (tertiary/aromatic N) is 2. The van der Waals surface area contributed by atoms with Crippen molar-refractivity contribution in [3.63, 3.8) is 0 Å². The monoisotopic (exact) mass is 457 g/mol. The Labute approximate surface area is 188 Å². The molecule has 0 radical (unpaired) electrons. The zero-order valence-electron chi connectivity index (χ0n) is 17.4. The highest BCUT2D eigenvalue weighted by molar-refractivity contribution is 6.31. The van der Waals surface area contributed by atoms with Crippen LogP contribution < -0.4 is 0 Å². The van der Waals surface area contributed by atoms with Crippen molar-refractivity contribution in [2.75, 3.05) is 13.1 Å². The topological polar surface area (TPSA) is 56.8 Å². The molecule has 0 fully saturated rings. The van der Waals surface area contributed by atoms with Crippen LogP contribution in [0.15, 0.2) is 65.7 Å². The summed E-state index contributed by atoms with van der Waals surface area (Å²) in [6.07, 6.45) is 8.35. The molecule has 1 unspecified atom stereocenters. The molecule has 5 rings (SSSR count). The van der Waals surface area contributed by atoms with E-state index in [9.17, 15) is 13.9 Å². The third kappa shape index (κ3) is 3.66.